The van der Waals surface area contributed by atoms with Gasteiger partial charge in [0, 0.05) is 5.56 Å². The van der Waals surface area contributed by atoms with E-state index in [0.717, 1.165) is 16.7 Å². The molecule has 0 saturated heterocycles. The number of primary amides is 1. The summed E-state index contributed by atoms with van der Waals surface area (Å²) in [7, 11) is 0. The summed E-state index contributed by atoms with van der Waals surface area (Å²) in [6.07, 6.45) is 0. The molecule has 0 unspecified atom stereocenters. The molecular weight excluding hydrogens is 322 g/mol. The van der Waals surface area contributed by atoms with Crippen LogP contribution in [-0.2, 0) is 11.3 Å². The Labute approximate surface area is 143 Å². The molecule has 25 heavy (non-hydrogen) atoms. The van der Waals surface area contributed by atoms with Gasteiger partial charge in [-0.25, -0.2) is 4.79 Å². The van der Waals surface area contributed by atoms with Gasteiger partial charge in [0.2, 0.25) is 0 Å². The molecule has 3 aromatic rings. The number of hydrogen-bond acceptors (Lipinski definition) is 5. The van der Waals surface area contributed by atoms with Gasteiger partial charge in [-0.2, -0.15) is 0 Å². The molecule has 0 aliphatic heterocycles. The normalized spacial score (nSPS) is 10.6. The maximum atomic E-state index is 12.1. The van der Waals surface area contributed by atoms with E-state index >= 15 is 0 Å². The third kappa shape index (κ3) is 3.77. The lowest BCUT2D eigenvalue weighted by Crippen LogP contribution is -2.20. The van der Waals surface area contributed by atoms with Gasteiger partial charge < -0.3 is 10.5 Å². The molecule has 1 aromatic heterocycles. The van der Waals surface area contributed by atoms with Gasteiger partial charge in [-0.1, -0.05) is 41.6 Å². The summed E-state index contributed by atoms with van der Waals surface area (Å²) in [5, 5.41) is 3.91. The highest BCUT2D eigenvalue weighted by Gasteiger charge is 2.15. The van der Waals surface area contributed by atoms with Crippen molar-refractivity contribution in [1.29, 1.82) is 0 Å². The quantitative estimate of drug-likeness (QED) is 0.737. The van der Waals surface area contributed by atoms with E-state index in [2.05, 4.69) is 5.16 Å². The second kappa shape index (κ2) is 7.04. The number of ether oxygens (including phenoxy) is 1. The van der Waals surface area contributed by atoms with Gasteiger partial charge >= 0.3 is 5.76 Å². The van der Waals surface area contributed by atoms with Crippen molar-refractivity contribution in [3.63, 3.8) is 0 Å². The molecule has 0 aliphatic carbocycles. The summed E-state index contributed by atoms with van der Waals surface area (Å²) in [5.41, 5.74) is 7.70. The molecule has 0 bridgehead atoms. The Kier molecular flexibility index (Phi) is 4.65. The van der Waals surface area contributed by atoms with E-state index in [4.69, 9.17) is 15.0 Å². The summed E-state index contributed by atoms with van der Waals surface area (Å²) in [5.74, 6) is -0.131. The van der Waals surface area contributed by atoms with Crippen LogP contribution in [0, 0.1) is 6.92 Å². The van der Waals surface area contributed by atoms with Crippen molar-refractivity contribution >= 4 is 5.91 Å². The Morgan fingerprint density at radius 2 is 2.04 bits per heavy atom. The van der Waals surface area contributed by atoms with Crippen LogP contribution < -0.4 is 16.2 Å². The molecule has 3 rings (SSSR count). The van der Waals surface area contributed by atoms with Crippen LogP contribution in [-0.4, -0.2) is 22.2 Å². The van der Waals surface area contributed by atoms with Crippen molar-refractivity contribution in [2.45, 2.75) is 13.5 Å². The second-order valence-electron chi connectivity index (χ2n) is 5.58. The number of rotatable bonds is 6. The Hall–Kier alpha value is -3.35. The zero-order valence-electron chi connectivity index (χ0n) is 13.6. The fourth-order valence-corrected chi connectivity index (χ4v) is 2.50. The Balaban J connectivity index is 1.91. The summed E-state index contributed by atoms with van der Waals surface area (Å²) < 4.78 is 11.6. The number of aromatic nitrogens is 2. The first-order valence-electron chi connectivity index (χ1n) is 7.67. The molecule has 7 heteroatoms. The number of hydrogen-bond donors (Lipinski definition) is 1. The van der Waals surface area contributed by atoms with E-state index in [1.54, 1.807) is 18.2 Å². The van der Waals surface area contributed by atoms with Gasteiger partial charge in [0.05, 0.1) is 6.54 Å². The lowest BCUT2D eigenvalue weighted by molar-refractivity contribution is -0.119. The van der Waals surface area contributed by atoms with E-state index in [1.165, 1.54) is 4.57 Å². The third-order valence-electron chi connectivity index (χ3n) is 3.69. The summed E-state index contributed by atoms with van der Waals surface area (Å²) in [6.45, 7) is 2.00. The molecule has 1 amide bonds. The minimum absolute atomic E-state index is 0.203. The minimum atomic E-state index is -0.553. The number of amides is 1. The van der Waals surface area contributed by atoms with Crippen molar-refractivity contribution < 1.29 is 14.1 Å². The molecule has 0 fully saturated rings. The van der Waals surface area contributed by atoms with Gasteiger partial charge in [0.1, 0.15) is 5.75 Å². The highest BCUT2D eigenvalue weighted by molar-refractivity contribution is 5.75. The average Bonchev–Trinajstić information content (AvgIpc) is 2.95. The first kappa shape index (κ1) is 16.5. The van der Waals surface area contributed by atoms with Crippen molar-refractivity contribution in [1.82, 2.24) is 9.72 Å². The van der Waals surface area contributed by atoms with Gasteiger partial charge in [-0.15, -0.1) is 0 Å². The summed E-state index contributed by atoms with van der Waals surface area (Å²) >= 11 is 0. The molecule has 0 saturated carbocycles. The second-order valence-corrected chi connectivity index (χ2v) is 5.58. The van der Waals surface area contributed by atoms with Crippen LogP contribution in [0.2, 0.25) is 0 Å². The standard InChI is InChI=1S/C18H17N3O4/c1-12-5-2-3-8-15(12)17-20-25-18(23)21(17)10-13-6-4-7-14(9-13)24-11-16(19)22/h2-9H,10-11H2,1H3,(H2,19,22). The van der Waals surface area contributed by atoms with Crippen molar-refractivity contribution in [3.05, 3.63) is 70.2 Å². The Bertz CT molecular complexity index is 959. The zero-order chi connectivity index (χ0) is 17.8. The minimum Gasteiger partial charge on any atom is -0.484 e. The SMILES string of the molecule is Cc1ccccc1-c1noc(=O)n1Cc1cccc(OCC(N)=O)c1. The molecule has 2 N–H and O–H groups in total. The number of aryl methyl sites for hydroxylation is 1. The smallest absolute Gasteiger partial charge is 0.442 e. The van der Waals surface area contributed by atoms with Crippen LogP contribution >= 0.6 is 0 Å². The first-order chi connectivity index (χ1) is 12.0. The number of carbonyl (C=O) groups is 1. The van der Waals surface area contributed by atoms with Crippen molar-refractivity contribution in [2.24, 2.45) is 5.73 Å². The van der Waals surface area contributed by atoms with Gasteiger partial charge in [-0.3, -0.25) is 13.9 Å². The molecule has 128 valence electrons. The van der Waals surface area contributed by atoms with Gasteiger partial charge in [-0.05, 0) is 30.2 Å². The zero-order valence-corrected chi connectivity index (χ0v) is 13.6. The monoisotopic (exact) mass is 339 g/mol. The average molecular weight is 339 g/mol. The lowest BCUT2D eigenvalue weighted by atomic mass is 10.1. The maximum Gasteiger partial charge on any atom is 0.442 e. The molecular formula is C18H17N3O4. The maximum absolute atomic E-state index is 12.1. The van der Waals surface area contributed by atoms with Crippen LogP contribution in [0.15, 0.2) is 57.8 Å². The Morgan fingerprint density at radius 3 is 2.80 bits per heavy atom. The number of carbonyl (C=O) groups excluding carboxylic acids is 1. The van der Waals surface area contributed by atoms with Crippen LogP contribution in [0.3, 0.4) is 0 Å². The number of nitrogens with two attached hydrogens (primary N) is 1. The largest absolute Gasteiger partial charge is 0.484 e. The lowest BCUT2D eigenvalue weighted by Gasteiger charge is -2.09. The van der Waals surface area contributed by atoms with Gasteiger partial charge in [0.15, 0.2) is 12.4 Å². The first-order valence-corrected chi connectivity index (χ1v) is 7.67. The van der Waals surface area contributed by atoms with E-state index in [1.807, 2.05) is 37.3 Å². The van der Waals surface area contributed by atoms with Crippen LogP contribution in [0.1, 0.15) is 11.1 Å². The van der Waals surface area contributed by atoms with Crippen LogP contribution in [0.25, 0.3) is 11.4 Å². The molecule has 7 nitrogen and oxygen atoms in total. The Morgan fingerprint density at radius 1 is 1.24 bits per heavy atom. The molecule has 2 aromatic carbocycles. The van der Waals surface area contributed by atoms with Crippen LogP contribution in [0.5, 0.6) is 5.75 Å². The van der Waals surface area contributed by atoms with Gasteiger partial charge in [0.25, 0.3) is 5.91 Å². The fraction of sp³-hybridized carbons (Fsp3) is 0.167. The van der Waals surface area contributed by atoms with E-state index in [9.17, 15) is 9.59 Å². The van der Waals surface area contributed by atoms with E-state index in [0.29, 0.717) is 11.6 Å². The number of benzene rings is 2. The number of nitrogens with zero attached hydrogens (tertiary/aromatic N) is 2. The predicted octanol–water partition coefficient (Wildman–Crippen LogP) is 1.72. The molecule has 0 atom stereocenters. The van der Waals surface area contributed by atoms with Crippen LogP contribution in [0.4, 0.5) is 0 Å². The molecule has 0 aliphatic rings. The molecule has 0 radical (unpaired) electrons. The summed E-state index contributed by atoms with van der Waals surface area (Å²) in [4.78, 5) is 22.9. The van der Waals surface area contributed by atoms with Crippen molar-refractivity contribution in [3.8, 4) is 17.1 Å². The molecule has 1 heterocycles. The fourth-order valence-electron chi connectivity index (χ4n) is 2.50. The van der Waals surface area contributed by atoms with E-state index < -0.39 is 11.7 Å². The third-order valence-corrected chi connectivity index (χ3v) is 3.69. The summed E-state index contributed by atoms with van der Waals surface area (Å²) in [6, 6.07) is 14.7. The molecule has 0 spiro atoms. The topological polar surface area (TPSA) is 100 Å². The van der Waals surface area contributed by atoms with E-state index in [-0.39, 0.29) is 13.2 Å². The predicted molar refractivity (Wildman–Crippen MR) is 91.2 cm³/mol. The highest BCUT2D eigenvalue weighted by Crippen LogP contribution is 2.21. The van der Waals surface area contributed by atoms with Crippen molar-refractivity contribution in [2.75, 3.05) is 6.61 Å². The highest BCUT2D eigenvalue weighted by atomic mass is 16.5.